The third kappa shape index (κ3) is 8.47. The zero-order valence-corrected chi connectivity index (χ0v) is 10.8. The van der Waals surface area contributed by atoms with Crippen LogP contribution in [0.2, 0.25) is 0 Å². The minimum Gasteiger partial charge on any atom is -0.478 e. The fourth-order valence-corrected chi connectivity index (χ4v) is 1.10. The van der Waals surface area contributed by atoms with Gasteiger partial charge in [-0.05, 0) is 39.6 Å². The number of halogens is 1. The maximum absolute atomic E-state index is 10.8. The normalized spacial score (nSPS) is 10.9. The van der Waals surface area contributed by atoms with Crippen LogP contribution in [-0.4, -0.2) is 47.7 Å². The van der Waals surface area contributed by atoms with Crippen LogP contribution in [0.15, 0.2) is 23.8 Å². The Balaban J connectivity index is 0. The van der Waals surface area contributed by atoms with E-state index in [2.05, 4.69) is 6.58 Å². The molecule has 0 bridgehead atoms. The average molecular weight is 264 g/mol. The molecule has 0 fully saturated rings. The molecular weight excluding hydrogens is 246 g/mol. The predicted molar refractivity (Wildman–Crippen MR) is 67.5 cm³/mol. The lowest BCUT2D eigenvalue weighted by Gasteiger charge is -2.09. The van der Waals surface area contributed by atoms with Crippen LogP contribution in [-0.2, 0) is 9.59 Å². The van der Waals surface area contributed by atoms with Crippen molar-refractivity contribution in [3.05, 3.63) is 23.8 Å². The minimum atomic E-state index is -1.20. The quantitative estimate of drug-likeness (QED) is 0.536. The first-order valence-electron chi connectivity index (χ1n) is 4.85. The molecule has 0 rings (SSSR count). The molecule has 6 heteroatoms. The molecule has 0 aromatic rings. The lowest BCUT2D eigenvalue weighted by atomic mass is 10.1. The SMILES string of the molecule is C=C(C=C(CCCN(C)C)C(=O)O)C(=O)O.Cl. The van der Waals surface area contributed by atoms with Crippen LogP contribution < -0.4 is 0 Å². The van der Waals surface area contributed by atoms with Crippen molar-refractivity contribution in [1.29, 1.82) is 0 Å². The highest BCUT2D eigenvalue weighted by Gasteiger charge is 2.10. The Morgan fingerprint density at radius 3 is 2.12 bits per heavy atom. The molecule has 0 saturated carbocycles. The third-order valence-electron chi connectivity index (χ3n) is 1.95. The largest absolute Gasteiger partial charge is 0.478 e. The van der Waals surface area contributed by atoms with Crippen molar-refractivity contribution >= 4 is 24.3 Å². The molecule has 0 unspecified atom stereocenters. The molecule has 5 nitrogen and oxygen atoms in total. The summed E-state index contributed by atoms with van der Waals surface area (Å²) in [6.07, 6.45) is 2.11. The van der Waals surface area contributed by atoms with Gasteiger partial charge in [-0.3, -0.25) is 0 Å². The fraction of sp³-hybridized carbons (Fsp3) is 0.455. The van der Waals surface area contributed by atoms with Crippen molar-refractivity contribution < 1.29 is 19.8 Å². The predicted octanol–water partition coefficient (Wildman–Crippen LogP) is 1.40. The van der Waals surface area contributed by atoms with E-state index in [1.54, 1.807) is 0 Å². The molecule has 98 valence electrons. The molecule has 0 aliphatic rings. The lowest BCUT2D eigenvalue weighted by molar-refractivity contribution is -0.133. The van der Waals surface area contributed by atoms with Gasteiger partial charge >= 0.3 is 11.9 Å². The first kappa shape index (κ1) is 18.0. The van der Waals surface area contributed by atoms with Gasteiger partial charge in [-0.1, -0.05) is 6.58 Å². The molecule has 17 heavy (non-hydrogen) atoms. The third-order valence-corrected chi connectivity index (χ3v) is 1.95. The van der Waals surface area contributed by atoms with Gasteiger partial charge in [-0.2, -0.15) is 0 Å². The van der Waals surface area contributed by atoms with E-state index in [1.165, 1.54) is 0 Å². The van der Waals surface area contributed by atoms with Crippen LogP contribution in [0.3, 0.4) is 0 Å². The number of hydrogen-bond acceptors (Lipinski definition) is 3. The maximum Gasteiger partial charge on any atom is 0.335 e. The molecule has 0 spiro atoms. The second kappa shape index (κ2) is 8.78. The van der Waals surface area contributed by atoms with E-state index in [0.717, 1.165) is 12.6 Å². The minimum absolute atomic E-state index is 0. The Morgan fingerprint density at radius 1 is 1.24 bits per heavy atom. The molecular formula is C11H18ClNO4. The molecule has 0 atom stereocenters. The summed E-state index contributed by atoms with van der Waals surface area (Å²) in [5.41, 5.74) is -0.128. The Hall–Kier alpha value is -1.33. The summed E-state index contributed by atoms with van der Waals surface area (Å²) in [6, 6.07) is 0. The summed E-state index contributed by atoms with van der Waals surface area (Å²) >= 11 is 0. The van der Waals surface area contributed by atoms with Gasteiger partial charge in [0.25, 0.3) is 0 Å². The summed E-state index contributed by atoms with van der Waals surface area (Å²) in [5, 5.41) is 17.4. The van der Waals surface area contributed by atoms with Crippen LogP contribution in [0.5, 0.6) is 0 Å². The molecule has 0 aliphatic heterocycles. The molecule has 0 aliphatic carbocycles. The van der Waals surface area contributed by atoms with E-state index in [9.17, 15) is 9.59 Å². The monoisotopic (exact) mass is 263 g/mol. The molecule has 0 heterocycles. The number of hydrogen-bond donors (Lipinski definition) is 2. The highest BCUT2D eigenvalue weighted by atomic mass is 35.5. The summed E-state index contributed by atoms with van der Waals surface area (Å²) in [7, 11) is 3.78. The van der Waals surface area contributed by atoms with Crippen LogP contribution >= 0.6 is 12.4 Å². The number of carboxylic acid groups (broad SMARTS) is 2. The fourth-order valence-electron chi connectivity index (χ4n) is 1.10. The van der Waals surface area contributed by atoms with E-state index in [4.69, 9.17) is 10.2 Å². The topological polar surface area (TPSA) is 77.8 Å². The molecule has 2 N–H and O–H groups in total. The Bertz CT molecular complexity index is 323. The van der Waals surface area contributed by atoms with Crippen molar-refractivity contribution in [3.8, 4) is 0 Å². The van der Waals surface area contributed by atoms with E-state index in [-0.39, 0.29) is 23.6 Å². The number of carboxylic acids is 2. The van der Waals surface area contributed by atoms with Crippen LogP contribution in [0, 0.1) is 0 Å². The van der Waals surface area contributed by atoms with Crippen LogP contribution in [0.25, 0.3) is 0 Å². The van der Waals surface area contributed by atoms with E-state index >= 15 is 0 Å². The molecule has 0 amide bonds. The van der Waals surface area contributed by atoms with Crippen LogP contribution in [0.1, 0.15) is 12.8 Å². The second-order valence-electron chi connectivity index (χ2n) is 3.71. The van der Waals surface area contributed by atoms with Crippen molar-refractivity contribution in [1.82, 2.24) is 4.90 Å². The van der Waals surface area contributed by atoms with Gasteiger partial charge in [0.2, 0.25) is 0 Å². The number of rotatable bonds is 7. The van der Waals surface area contributed by atoms with Crippen molar-refractivity contribution in [2.75, 3.05) is 20.6 Å². The van der Waals surface area contributed by atoms with Gasteiger partial charge < -0.3 is 15.1 Å². The summed E-state index contributed by atoms with van der Waals surface area (Å²) in [4.78, 5) is 23.2. The smallest absolute Gasteiger partial charge is 0.335 e. The maximum atomic E-state index is 10.8. The standard InChI is InChI=1S/C11H17NO4.ClH/c1-8(10(13)14)7-9(11(15)16)5-4-6-12(2)3;/h7H,1,4-6H2,2-3H3,(H,13,14)(H,15,16);1H. The van der Waals surface area contributed by atoms with Crippen molar-refractivity contribution in [2.24, 2.45) is 0 Å². The van der Waals surface area contributed by atoms with Gasteiger partial charge in [-0.15, -0.1) is 12.4 Å². The molecule has 0 aromatic carbocycles. The number of nitrogens with zero attached hydrogens (tertiary/aromatic N) is 1. The Kier molecular flexibility index (Phi) is 9.32. The van der Waals surface area contributed by atoms with E-state index < -0.39 is 11.9 Å². The van der Waals surface area contributed by atoms with E-state index in [0.29, 0.717) is 12.8 Å². The zero-order chi connectivity index (χ0) is 12.7. The highest BCUT2D eigenvalue weighted by molar-refractivity contribution is 5.94. The van der Waals surface area contributed by atoms with Crippen molar-refractivity contribution in [3.63, 3.8) is 0 Å². The van der Waals surface area contributed by atoms with Gasteiger partial charge in [0.05, 0.1) is 5.57 Å². The number of carbonyl (C=O) groups is 2. The summed E-state index contributed by atoms with van der Waals surface area (Å²) in [6.45, 7) is 4.02. The first-order valence-corrected chi connectivity index (χ1v) is 4.85. The molecule has 0 radical (unpaired) electrons. The Labute approximate surface area is 107 Å². The van der Waals surface area contributed by atoms with Gasteiger partial charge in [0, 0.05) is 5.57 Å². The molecule has 0 aromatic heterocycles. The van der Waals surface area contributed by atoms with Crippen molar-refractivity contribution in [2.45, 2.75) is 12.8 Å². The summed E-state index contributed by atoms with van der Waals surface area (Å²) in [5.74, 6) is -2.30. The van der Waals surface area contributed by atoms with Crippen LogP contribution in [0.4, 0.5) is 0 Å². The zero-order valence-electron chi connectivity index (χ0n) is 9.97. The Morgan fingerprint density at radius 2 is 1.76 bits per heavy atom. The van der Waals surface area contributed by atoms with Gasteiger partial charge in [0.15, 0.2) is 0 Å². The van der Waals surface area contributed by atoms with Gasteiger partial charge in [-0.25, -0.2) is 9.59 Å². The second-order valence-corrected chi connectivity index (χ2v) is 3.71. The van der Waals surface area contributed by atoms with Gasteiger partial charge in [0.1, 0.15) is 0 Å². The number of aliphatic carboxylic acids is 2. The summed E-state index contributed by atoms with van der Waals surface area (Å²) < 4.78 is 0. The lowest BCUT2D eigenvalue weighted by Crippen LogP contribution is -2.14. The van der Waals surface area contributed by atoms with E-state index in [1.807, 2.05) is 19.0 Å². The molecule has 0 saturated heterocycles. The highest BCUT2D eigenvalue weighted by Crippen LogP contribution is 2.09. The first-order chi connectivity index (χ1) is 7.34. The average Bonchev–Trinajstić information content (AvgIpc) is 2.14.